The summed E-state index contributed by atoms with van der Waals surface area (Å²) in [6.45, 7) is 4.33. The molecule has 25 heavy (non-hydrogen) atoms. The maximum atomic E-state index is 13.0. The van der Waals surface area contributed by atoms with Crippen molar-refractivity contribution in [1.82, 2.24) is 5.32 Å². The van der Waals surface area contributed by atoms with E-state index in [1.165, 1.54) is 5.56 Å². The van der Waals surface area contributed by atoms with Gasteiger partial charge in [0, 0.05) is 28.4 Å². The quantitative estimate of drug-likeness (QED) is 0.531. The lowest BCUT2D eigenvalue weighted by molar-refractivity contribution is 0.104. The van der Waals surface area contributed by atoms with Crippen LogP contribution in [-0.4, -0.2) is 11.3 Å². The number of rotatable bonds is 2. The van der Waals surface area contributed by atoms with E-state index in [0.717, 1.165) is 34.0 Å². The summed E-state index contributed by atoms with van der Waals surface area (Å²) < 4.78 is 0. The van der Waals surface area contributed by atoms with Crippen LogP contribution in [-0.2, 0) is 6.42 Å². The second-order valence-electron chi connectivity index (χ2n) is 7.29. The lowest BCUT2D eigenvalue weighted by atomic mass is 9.85. The highest BCUT2D eigenvalue weighted by molar-refractivity contribution is 6.15. The third-order valence-corrected chi connectivity index (χ3v) is 4.74. The van der Waals surface area contributed by atoms with Crippen molar-refractivity contribution in [1.29, 1.82) is 0 Å². The lowest BCUT2D eigenvalue weighted by Crippen LogP contribution is -2.43. The highest BCUT2D eigenvalue weighted by Crippen LogP contribution is 2.30. The van der Waals surface area contributed by atoms with Crippen LogP contribution in [0, 0.1) is 0 Å². The molecule has 124 valence electrons. The Kier molecular flexibility index (Phi) is 3.69. The van der Waals surface area contributed by atoms with Crippen molar-refractivity contribution in [3.05, 3.63) is 89.5 Å². The zero-order valence-corrected chi connectivity index (χ0v) is 14.5. The topological polar surface area (TPSA) is 29.1 Å². The molecule has 0 bridgehead atoms. The largest absolute Gasteiger partial charge is 0.379 e. The predicted molar refractivity (Wildman–Crippen MR) is 104 cm³/mol. The summed E-state index contributed by atoms with van der Waals surface area (Å²) in [4.78, 5) is 13.0. The summed E-state index contributed by atoms with van der Waals surface area (Å²) in [6.07, 6.45) is 2.70. The molecule has 0 saturated carbocycles. The maximum absolute atomic E-state index is 13.0. The van der Waals surface area contributed by atoms with Gasteiger partial charge in [-0.25, -0.2) is 0 Å². The molecule has 4 rings (SSSR count). The number of ketones is 1. The van der Waals surface area contributed by atoms with Crippen LogP contribution >= 0.6 is 0 Å². The van der Waals surface area contributed by atoms with E-state index in [4.69, 9.17) is 0 Å². The van der Waals surface area contributed by atoms with E-state index in [9.17, 15) is 4.79 Å². The van der Waals surface area contributed by atoms with Crippen LogP contribution in [0.25, 0.3) is 16.5 Å². The fraction of sp³-hybridized carbons (Fsp3) is 0.174. The molecular formula is C23H21NO. The van der Waals surface area contributed by atoms with Crippen LogP contribution in [0.2, 0.25) is 0 Å². The summed E-state index contributed by atoms with van der Waals surface area (Å²) in [5.74, 6) is 0.0341. The van der Waals surface area contributed by atoms with Gasteiger partial charge in [0.2, 0.25) is 0 Å². The molecule has 0 radical (unpaired) electrons. The van der Waals surface area contributed by atoms with Gasteiger partial charge in [-0.2, -0.15) is 0 Å². The molecule has 0 fully saturated rings. The summed E-state index contributed by atoms with van der Waals surface area (Å²) in [6, 6.07) is 22.2. The molecule has 1 aliphatic rings. The minimum Gasteiger partial charge on any atom is -0.379 e. The molecule has 1 aliphatic heterocycles. The van der Waals surface area contributed by atoms with Crippen molar-refractivity contribution in [3.8, 4) is 0 Å². The third-order valence-electron chi connectivity index (χ3n) is 4.74. The zero-order valence-electron chi connectivity index (χ0n) is 14.5. The molecule has 1 N–H and O–H groups in total. The predicted octanol–water partition coefficient (Wildman–Crippen LogP) is 4.99. The van der Waals surface area contributed by atoms with Crippen LogP contribution in [0.5, 0.6) is 0 Å². The monoisotopic (exact) mass is 327 g/mol. The van der Waals surface area contributed by atoms with Gasteiger partial charge in [-0.05, 0) is 36.6 Å². The van der Waals surface area contributed by atoms with Gasteiger partial charge >= 0.3 is 0 Å². The highest BCUT2D eigenvalue weighted by Gasteiger charge is 2.27. The second-order valence-corrected chi connectivity index (χ2v) is 7.29. The van der Waals surface area contributed by atoms with E-state index >= 15 is 0 Å². The molecule has 0 aliphatic carbocycles. The van der Waals surface area contributed by atoms with Crippen LogP contribution in [0.1, 0.15) is 35.3 Å². The first-order valence-corrected chi connectivity index (χ1v) is 8.64. The molecule has 2 nitrogen and oxygen atoms in total. The van der Waals surface area contributed by atoms with Gasteiger partial charge in [0.15, 0.2) is 5.78 Å². The minimum atomic E-state index is -0.0702. The number of benzene rings is 3. The number of hydrogen-bond donors (Lipinski definition) is 1. The van der Waals surface area contributed by atoms with Gasteiger partial charge in [0.1, 0.15) is 0 Å². The van der Waals surface area contributed by atoms with Gasteiger partial charge in [0.25, 0.3) is 0 Å². The fourth-order valence-corrected chi connectivity index (χ4v) is 3.65. The zero-order chi connectivity index (χ0) is 17.4. The van der Waals surface area contributed by atoms with Crippen LogP contribution < -0.4 is 5.32 Å². The van der Waals surface area contributed by atoms with Gasteiger partial charge in [-0.1, -0.05) is 66.7 Å². The summed E-state index contributed by atoms with van der Waals surface area (Å²) in [5.41, 5.74) is 3.98. The minimum absolute atomic E-state index is 0.0341. The van der Waals surface area contributed by atoms with Crippen LogP contribution in [0.4, 0.5) is 0 Å². The number of fused-ring (bicyclic) bond motifs is 2. The first-order valence-electron chi connectivity index (χ1n) is 8.64. The number of allylic oxidation sites excluding steroid dienone is 1. The molecule has 2 heteroatoms. The fourth-order valence-electron chi connectivity index (χ4n) is 3.65. The SMILES string of the molecule is CC1(C)Cc2ccccc2C(=CC(=O)c2cccc3ccccc23)N1. The van der Waals surface area contributed by atoms with Crippen molar-refractivity contribution in [2.24, 2.45) is 0 Å². The Morgan fingerprint density at radius 1 is 0.960 bits per heavy atom. The number of hydrogen-bond acceptors (Lipinski definition) is 2. The Bertz CT molecular complexity index is 992. The molecule has 3 aromatic rings. The molecule has 0 spiro atoms. The first-order chi connectivity index (χ1) is 12.0. The van der Waals surface area contributed by atoms with Crippen molar-refractivity contribution >= 4 is 22.3 Å². The molecule has 1 heterocycles. The van der Waals surface area contributed by atoms with Gasteiger partial charge in [-0.15, -0.1) is 0 Å². The molecule has 0 atom stereocenters. The number of carbonyl (C=O) groups is 1. The first kappa shape index (κ1) is 15.6. The number of nitrogens with one attached hydrogen (secondary N) is 1. The van der Waals surface area contributed by atoms with Crippen molar-refractivity contribution in [3.63, 3.8) is 0 Å². The second kappa shape index (κ2) is 5.89. The smallest absolute Gasteiger partial charge is 0.188 e. The molecule has 0 saturated heterocycles. The molecule has 0 amide bonds. The van der Waals surface area contributed by atoms with Crippen molar-refractivity contribution < 1.29 is 4.79 Å². The highest BCUT2D eigenvalue weighted by atomic mass is 16.1. The van der Waals surface area contributed by atoms with E-state index < -0.39 is 0 Å². The van der Waals surface area contributed by atoms with Gasteiger partial charge in [0.05, 0.1) is 0 Å². The van der Waals surface area contributed by atoms with E-state index in [1.807, 2.05) is 48.5 Å². The summed E-state index contributed by atoms with van der Waals surface area (Å²) >= 11 is 0. The Hall–Kier alpha value is -2.87. The van der Waals surface area contributed by atoms with E-state index in [2.05, 4.69) is 37.4 Å². The van der Waals surface area contributed by atoms with E-state index in [-0.39, 0.29) is 11.3 Å². The maximum Gasteiger partial charge on any atom is 0.188 e. The summed E-state index contributed by atoms with van der Waals surface area (Å²) in [5, 5.41) is 5.62. The average Bonchev–Trinajstić information content (AvgIpc) is 2.60. The average molecular weight is 327 g/mol. The van der Waals surface area contributed by atoms with Gasteiger partial charge in [-0.3, -0.25) is 4.79 Å². The van der Waals surface area contributed by atoms with E-state index in [1.54, 1.807) is 6.08 Å². The standard InChI is InChI=1S/C23H21NO/c1-23(2)15-17-9-4-6-12-19(17)21(24-23)14-22(25)20-13-7-10-16-8-3-5-11-18(16)20/h3-14,24H,15H2,1-2H3. The summed E-state index contributed by atoms with van der Waals surface area (Å²) in [7, 11) is 0. The van der Waals surface area contributed by atoms with Crippen molar-refractivity contribution in [2.75, 3.05) is 0 Å². The van der Waals surface area contributed by atoms with Crippen LogP contribution in [0.15, 0.2) is 72.8 Å². The Morgan fingerprint density at radius 3 is 2.56 bits per heavy atom. The van der Waals surface area contributed by atoms with Crippen LogP contribution in [0.3, 0.4) is 0 Å². The third kappa shape index (κ3) is 2.96. The Morgan fingerprint density at radius 2 is 1.68 bits per heavy atom. The van der Waals surface area contributed by atoms with Crippen molar-refractivity contribution in [2.45, 2.75) is 25.8 Å². The number of carbonyl (C=O) groups excluding carboxylic acids is 1. The lowest BCUT2D eigenvalue weighted by Gasteiger charge is -2.35. The molecule has 0 aromatic heterocycles. The molecule has 3 aromatic carbocycles. The normalized spacial score (nSPS) is 17.1. The molecule has 0 unspecified atom stereocenters. The molecular weight excluding hydrogens is 306 g/mol. The van der Waals surface area contributed by atoms with E-state index in [0.29, 0.717) is 0 Å². The van der Waals surface area contributed by atoms with Gasteiger partial charge < -0.3 is 5.32 Å². The Balaban J connectivity index is 1.81. The Labute approximate surface area is 148 Å².